The van der Waals surface area contributed by atoms with Crippen molar-refractivity contribution in [1.29, 1.82) is 0 Å². The number of hydrogen-bond donors (Lipinski definition) is 2. The molecule has 1 fully saturated rings. The summed E-state index contributed by atoms with van der Waals surface area (Å²) < 4.78 is 0. The Morgan fingerprint density at radius 1 is 1.53 bits per heavy atom. The predicted octanol–water partition coefficient (Wildman–Crippen LogP) is 2.43. The zero-order valence-electron chi connectivity index (χ0n) is 9.46. The molecule has 0 radical (unpaired) electrons. The third-order valence-corrected chi connectivity index (χ3v) is 3.08. The summed E-state index contributed by atoms with van der Waals surface area (Å²) in [5, 5.41) is 3.34. The first-order valence-electron chi connectivity index (χ1n) is 5.64. The summed E-state index contributed by atoms with van der Waals surface area (Å²) in [7, 11) is 0. The van der Waals surface area contributed by atoms with E-state index in [2.05, 4.69) is 17.2 Å². The predicted molar refractivity (Wildman–Crippen MR) is 63.8 cm³/mol. The van der Waals surface area contributed by atoms with E-state index in [1.165, 1.54) is 12.8 Å². The highest BCUT2D eigenvalue weighted by Gasteiger charge is 2.27. The zero-order chi connectivity index (χ0) is 10.8. The second-order valence-corrected chi connectivity index (χ2v) is 4.59. The molecular weight excluding hydrogens is 186 g/mol. The third-order valence-electron chi connectivity index (χ3n) is 3.08. The molecule has 1 atom stereocenters. The second-order valence-electron chi connectivity index (χ2n) is 4.59. The van der Waals surface area contributed by atoms with Crippen LogP contribution in [-0.4, -0.2) is 11.5 Å². The van der Waals surface area contributed by atoms with Crippen molar-refractivity contribution in [3.63, 3.8) is 0 Å². The Kier molecular flexibility index (Phi) is 2.80. The lowest BCUT2D eigenvalue weighted by Crippen LogP contribution is -2.15. The molecule has 1 aromatic heterocycles. The van der Waals surface area contributed by atoms with E-state index in [0.29, 0.717) is 0 Å². The molecule has 1 unspecified atom stereocenters. The lowest BCUT2D eigenvalue weighted by molar-refractivity contribution is 0.536. The van der Waals surface area contributed by atoms with Crippen LogP contribution in [0.2, 0.25) is 0 Å². The highest BCUT2D eigenvalue weighted by molar-refractivity contribution is 5.61. The van der Waals surface area contributed by atoms with E-state index in [-0.39, 0.29) is 0 Å². The Morgan fingerprint density at radius 3 is 2.93 bits per heavy atom. The highest BCUT2D eigenvalue weighted by atomic mass is 15.0. The quantitative estimate of drug-likeness (QED) is 0.793. The van der Waals surface area contributed by atoms with Gasteiger partial charge in [0.05, 0.1) is 5.69 Å². The Hall–Kier alpha value is -1.25. The van der Waals surface area contributed by atoms with Crippen LogP contribution < -0.4 is 11.1 Å². The van der Waals surface area contributed by atoms with Crippen LogP contribution in [0.25, 0.3) is 0 Å². The Bertz CT molecular complexity index is 345. The number of pyridine rings is 1. The molecule has 3 N–H and O–H groups in total. The van der Waals surface area contributed by atoms with Crippen molar-refractivity contribution in [3.8, 4) is 0 Å². The van der Waals surface area contributed by atoms with Gasteiger partial charge in [-0.25, -0.2) is 4.98 Å². The van der Waals surface area contributed by atoms with Crippen molar-refractivity contribution < 1.29 is 0 Å². The van der Waals surface area contributed by atoms with E-state index >= 15 is 0 Å². The summed E-state index contributed by atoms with van der Waals surface area (Å²) in [5.74, 6) is 2.48. The summed E-state index contributed by atoms with van der Waals surface area (Å²) in [6.45, 7) is 5.25. The summed E-state index contributed by atoms with van der Waals surface area (Å²) >= 11 is 0. The topological polar surface area (TPSA) is 50.9 Å². The first kappa shape index (κ1) is 10.3. The van der Waals surface area contributed by atoms with E-state index in [9.17, 15) is 0 Å². The van der Waals surface area contributed by atoms with E-state index in [1.807, 2.05) is 19.1 Å². The molecule has 1 heterocycles. The van der Waals surface area contributed by atoms with Crippen molar-refractivity contribution in [3.05, 3.63) is 17.8 Å². The first-order chi connectivity index (χ1) is 7.16. The van der Waals surface area contributed by atoms with Crippen LogP contribution in [0.4, 0.5) is 11.5 Å². The van der Waals surface area contributed by atoms with Gasteiger partial charge < -0.3 is 11.1 Å². The molecule has 3 nitrogen and oxygen atoms in total. The van der Waals surface area contributed by atoms with Gasteiger partial charge in [0.15, 0.2) is 0 Å². The van der Waals surface area contributed by atoms with Gasteiger partial charge in [-0.15, -0.1) is 0 Å². The van der Waals surface area contributed by atoms with Gasteiger partial charge in [-0.2, -0.15) is 0 Å². The third kappa shape index (κ3) is 2.61. The average molecular weight is 205 g/mol. The van der Waals surface area contributed by atoms with Crippen LogP contribution in [0, 0.1) is 18.8 Å². The van der Waals surface area contributed by atoms with E-state index in [1.54, 1.807) is 0 Å². The fourth-order valence-electron chi connectivity index (χ4n) is 1.80. The molecule has 0 bridgehead atoms. The number of hydrogen-bond acceptors (Lipinski definition) is 3. The molecule has 0 spiro atoms. The number of nitrogens with one attached hydrogen (secondary N) is 1. The van der Waals surface area contributed by atoms with Gasteiger partial charge in [0.25, 0.3) is 0 Å². The van der Waals surface area contributed by atoms with E-state index in [0.717, 1.165) is 35.6 Å². The van der Waals surface area contributed by atoms with Crippen molar-refractivity contribution in [2.45, 2.75) is 26.7 Å². The SMILES string of the molecule is Cc1ccc(N)c(NCC(C)C2CC2)n1. The lowest BCUT2D eigenvalue weighted by Gasteiger charge is -2.13. The van der Waals surface area contributed by atoms with Crippen LogP contribution in [0.1, 0.15) is 25.5 Å². The van der Waals surface area contributed by atoms with Crippen molar-refractivity contribution >= 4 is 11.5 Å². The number of nitrogen functional groups attached to an aromatic ring is 1. The molecule has 3 heteroatoms. The molecule has 0 amide bonds. The fraction of sp³-hybridized carbons (Fsp3) is 0.583. The standard InChI is InChI=1S/C12H19N3/c1-8(10-4-5-10)7-14-12-11(13)6-3-9(2)15-12/h3,6,8,10H,4-5,7,13H2,1-2H3,(H,14,15). The lowest BCUT2D eigenvalue weighted by atomic mass is 10.1. The van der Waals surface area contributed by atoms with Gasteiger partial charge in [0.2, 0.25) is 0 Å². The van der Waals surface area contributed by atoms with Gasteiger partial charge in [-0.05, 0) is 43.7 Å². The fourth-order valence-corrected chi connectivity index (χ4v) is 1.80. The van der Waals surface area contributed by atoms with Gasteiger partial charge in [-0.3, -0.25) is 0 Å². The molecule has 1 aromatic rings. The number of aromatic nitrogens is 1. The maximum atomic E-state index is 5.84. The van der Waals surface area contributed by atoms with E-state index < -0.39 is 0 Å². The smallest absolute Gasteiger partial charge is 0.149 e. The summed E-state index contributed by atoms with van der Waals surface area (Å²) in [6.07, 6.45) is 2.78. The zero-order valence-corrected chi connectivity index (χ0v) is 9.46. The average Bonchev–Trinajstić information content (AvgIpc) is 3.02. The Morgan fingerprint density at radius 2 is 2.27 bits per heavy atom. The minimum atomic E-state index is 0.728. The molecule has 0 aliphatic heterocycles. The van der Waals surface area contributed by atoms with Crippen molar-refractivity contribution in [2.75, 3.05) is 17.6 Å². The molecule has 1 saturated carbocycles. The van der Waals surface area contributed by atoms with Crippen LogP contribution in [0.3, 0.4) is 0 Å². The summed E-state index contributed by atoms with van der Waals surface area (Å²) in [6, 6.07) is 3.84. The molecule has 0 saturated heterocycles. The molecule has 1 aliphatic rings. The number of nitrogens with zero attached hydrogens (tertiary/aromatic N) is 1. The normalized spacial score (nSPS) is 17.5. The van der Waals surface area contributed by atoms with Gasteiger partial charge >= 0.3 is 0 Å². The minimum Gasteiger partial charge on any atom is -0.396 e. The largest absolute Gasteiger partial charge is 0.396 e. The van der Waals surface area contributed by atoms with Crippen molar-refractivity contribution in [1.82, 2.24) is 4.98 Å². The molecule has 0 aromatic carbocycles. The van der Waals surface area contributed by atoms with Crippen molar-refractivity contribution in [2.24, 2.45) is 11.8 Å². The number of rotatable bonds is 4. The van der Waals surface area contributed by atoms with Crippen LogP contribution in [0.5, 0.6) is 0 Å². The van der Waals surface area contributed by atoms with Gasteiger partial charge in [0.1, 0.15) is 5.82 Å². The van der Waals surface area contributed by atoms with Crippen LogP contribution >= 0.6 is 0 Å². The van der Waals surface area contributed by atoms with Crippen LogP contribution in [-0.2, 0) is 0 Å². The molecule has 15 heavy (non-hydrogen) atoms. The number of nitrogens with two attached hydrogens (primary N) is 1. The first-order valence-corrected chi connectivity index (χ1v) is 5.64. The Balaban J connectivity index is 1.94. The molecular formula is C12H19N3. The second kappa shape index (κ2) is 4.09. The van der Waals surface area contributed by atoms with Gasteiger partial charge in [-0.1, -0.05) is 6.92 Å². The minimum absolute atomic E-state index is 0.728. The van der Waals surface area contributed by atoms with E-state index in [4.69, 9.17) is 5.73 Å². The Labute approximate surface area is 91.1 Å². The van der Waals surface area contributed by atoms with Gasteiger partial charge in [0, 0.05) is 12.2 Å². The summed E-state index contributed by atoms with van der Waals surface area (Å²) in [4.78, 5) is 4.39. The maximum absolute atomic E-state index is 5.84. The molecule has 2 rings (SSSR count). The van der Waals surface area contributed by atoms with Crippen LogP contribution in [0.15, 0.2) is 12.1 Å². The molecule has 1 aliphatic carbocycles. The monoisotopic (exact) mass is 205 g/mol. The highest BCUT2D eigenvalue weighted by Crippen LogP contribution is 2.36. The molecule has 82 valence electrons. The summed E-state index contributed by atoms with van der Waals surface area (Å²) in [5.41, 5.74) is 7.59. The maximum Gasteiger partial charge on any atom is 0.149 e. The number of anilines is 2. The number of aryl methyl sites for hydroxylation is 1.